The maximum Gasteiger partial charge on any atom is 0.246 e. The molecule has 1 N–H and O–H groups in total. The molecule has 96 valence electrons. The van der Waals surface area contributed by atoms with Gasteiger partial charge in [0.1, 0.15) is 0 Å². The molecule has 5 nitrogen and oxygen atoms in total. The molecule has 0 atom stereocenters. The summed E-state index contributed by atoms with van der Waals surface area (Å²) in [4.78, 5) is 13.8. The highest BCUT2D eigenvalue weighted by Gasteiger charge is 2.27. The standard InChI is InChI=1S/C13H16N2O3/c1-2-3-4-15-10-6-12-11(17-8-18-12)5-9(10)14-7-13(15)16/h5-6,14H,2-4,7-8H2,1H3. The Kier molecular flexibility index (Phi) is 2.74. The van der Waals surface area contributed by atoms with E-state index in [1.807, 2.05) is 17.0 Å². The number of amides is 1. The molecule has 1 aromatic rings. The zero-order chi connectivity index (χ0) is 12.5. The van der Waals surface area contributed by atoms with Crippen LogP contribution in [0.2, 0.25) is 0 Å². The third-order valence-corrected chi connectivity index (χ3v) is 3.25. The molecule has 5 heteroatoms. The second-order valence-electron chi connectivity index (χ2n) is 4.48. The fourth-order valence-corrected chi connectivity index (χ4v) is 2.26. The highest BCUT2D eigenvalue weighted by Crippen LogP contribution is 2.42. The van der Waals surface area contributed by atoms with E-state index in [0.717, 1.165) is 36.5 Å². The first-order valence-corrected chi connectivity index (χ1v) is 6.27. The summed E-state index contributed by atoms with van der Waals surface area (Å²) in [6.45, 7) is 3.47. The number of carbonyl (C=O) groups is 1. The van der Waals surface area contributed by atoms with Crippen LogP contribution in [0.5, 0.6) is 11.5 Å². The molecule has 2 heterocycles. The van der Waals surface area contributed by atoms with Crippen LogP contribution in [0.4, 0.5) is 11.4 Å². The van der Waals surface area contributed by atoms with Gasteiger partial charge in [0.05, 0.1) is 17.9 Å². The van der Waals surface area contributed by atoms with Gasteiger partial charge < -0.3 is 19.7 Å². The minimum atomic E-state index is 0.106. The molecule has 2 aliphatic rings. The van der Waals surface area contributed by atoms with Crippen molar-refractivity contribution in [2.75, 3.05) is 30.1 Å². The van der Waals surface area contributed by atoms with Gasteiger partial charge in [-0.2, -0.15) is 0 Å². The van der Waals surface area contributed by atoms with Crippen LogP contribution in [0.3, 0.4) is 0 Å². The van der Waals surface area contributed by atoms with Gasteiger partial charge in [0.15, 0.2) is 11.5 Å². The molecule has 0 saturated heterocycles. The van der Waals surface area contributed by atoms with E-state index in [9.17, 15) is 4.79 Å². The van der Waals surface area contributed by atoms with Crippen LogP contribution < -0.4 is 19.7 Å². The molecule has 0 saturated carbocycles. The largest absolute Gasteiger partial charge is 0.454 e. The van der Waals surface area contributed by atoms with Crippen molar-refractivity contribution in [3.63, 3.8) is 0 Å². The first-order valence-electron chi connectivity index (χ1n) is 6.27. The van der Waals surface area contributed by atoms with Crippen LogP contribution in [0.1, 0.15) is 19.8 Å². The highest BCUT2D eigenvalue weighted by molar-refractivity contribution is 6.03. The van der Waals surface area contributed by atoms with Gasteiger partial charge in [0.2, 0.25) is 12.7 Å². The predicted octanol–water partition coefficient (Wildman–Crippen LogP) is 1.97. The summed E-state index contributed by atoms with van der Waals surface area (Å²) < 4.78 is 10.7. The molecular formula is C13H16N2O3. The number of unbranched alkanes of at least 4 members (excludes halogenated alkanes) is 1. The smallest absolute Gasteiger partial charge is 0.246 e. The lowest BCUT2D eigenvalue weighted by Gasteiger charge is -2.30. The molecule has 0 radical (unpaired) electrons. The zero-order valence-corrected chi connectivity index (χ0v) is 10.4. The molecule has 18 heavy (non-hydrogen) atoms. The summed E-state index contributed by atoms with van der Waals surface area (Å²) in [7, 11) is 0. The number of ether oxygens (including phenoxy) is 2. The van der Waals surface area contributed by atoms with E-state index >= 15 is 0 Å². The van der Waals surface area contributed by atoms with E-state index in [1.165, 1.54) is 0 Å². The number of fused-ring (bicyclic) bond motifs is 2. The summed E-state index contributed by atoms with van der Waals surface area (Å²) in [6, 6.07) is 3.79. The Morgan fingerprint density at radius 1 is 1.33 bits per heavy atom. The fourth-order valence-electron chi connectivity index (χ4n) is 2.26. The van der Waals surface area contributed by atoms with E-state index < -0.39 is 0 Å². The number of hydrogen-bond acceptors (Lipinski definition) is 4. The zero-order valence-electron chi connectivity index (χ0n) is 10.4. The molecule has 0 bridgehead atoms. The van der Waals surface area contributed by atoms with Gasteiger partial charge in [-0.05, 0) is 6.42 Å². The number of hydrogen-bond donors (Lipinski definition) is 1. The monoisotopic (exact) mass is 248 g/mol. The van der Waals surface area contributed by atoms with Crippen LogP contribution in [0.25, 0.3) is 0 Å². The summed E-state index contributed by atoms with van der Waals surface area (Å²) >= 11 is 0. The van der Waals surface area contributed by atoms with Gasteiger partial charge in [-0.15, -0.1) is 0 Å². The molecule has 1 amide bonds. The summed E-state index contributed by atoms with van der Waals surface area (Å²) in [5.41, 5.74) is 1.83. The Bertz CT molecular complexity index is 487. The number of benzene rings is 1. The van der Waals surface area contributed by atoms with Crippen molar-refractivity contribution < 1.29 is 14.3 Å². The Balaban J connectivity index is 1.97. The molecule has 0 aromatic heterocycles. The lowest BCUT2D eigenvalue weighted by atomic mass is 10.1. The molecule has 0 spiro atoms. The summed E-state index contributed by atoms with van der Waals surface area (Å²) in [5.74, 6) is 1.56. The summed E-state index contributed by atoms with van der Waals surface area (Å²) in [5, 5.41) is 3.12. The van der Waals surface area contributed by atoms with Gasteiger partial charge in [-0.3, -0.25) is 4.79 Å². The lowest BCUT2D eigenvalue weighted by Crippen LogP contribution is -2.40. The van der Waals surface area contributed by atoms with E-state index in [4.69, 9.17) is 9.47 Å². The van der Waals surface area contributed by atoms with Crippen LogP contribution >= 0.6 is 0 Å². The topological polar surface area (TPSA) is 50.8 Å². The summed E-state index contributed by atoms with van der Waals surface area (Å²) in [6.07, 6.45) is 2.07. The number of nitrogens with one attached hydrogen (secondary N) is 1. The van der Waals surface area contributed by atoms with E-state index in [-0.39, 0.29) is 12.7 Å². The van der Waals surface area contributed by atoms with Crippen LogP contribution in [-0.2, 0) is 4.79 Å². The van der Waals surface area contributed by atoms with Crippen LogP contribution in [-0.4, -0.2) is 25.8 Å². The minimum Gasteiger partial charge on any atom is -0.454 e. The van der Waals surface area contributed by atoms with Crippen LogP contribution in [0, 0.1) is 0 Å². The third-order valence-electron chi connectivity index (χ3n) is 3.25. The molecule has 3 rings (SSSR count). The van der Waals surface area contributed by atoms with Crippen molar-refractivity contribution in [1.29, 1.82) is 0 Å². The van der Waals surface area contributed by atoms with Crippen molar-refractivity contribution in [1.82, 2.24) is 0 Å². The molecular weight excluding hydrogens is 232 g/mol. The van der Waals surface area contributed by atoms with E-state index in [1.54, 1.807) is 0 Å². The Morgan fingerprint density at radius 3 is 2.89 bits per heavy atom. The average Bonchev–Trinajstić information content (AvgIpc) is 2.82. The maximum absolute atomic E-state index is 12.0. The normalized spacial score (nSPS) is 16.5. The van der Waals surface area contributed by atoms with Crippen molar-refractivity contribution in [2.24, 2.45) is 0 Å². The van der Waals surface area contributed by atoms with E-state index in [2.05, 4.69) is 12.2 Å². The first-order chi connectivity index (χ1) is 8.79. The third kappa shape index (κ3) is 1.75. The minimum absolute atomic E-state index is 0.106. The Morgan fingerprint density at radius 2 is 2.11 bits per heavy atom. The SMILES string of the molecule is CCCCN1C(=O)CNc2cc3c(cc21)OCO3. The molecule has 0 unspecified atom stereocenters. The molecule has 0 fully saturated rings. The van der Waals surface area contributed by atoms with Crippen molar-refractivity contribution in [2.45, 2.75) is 19.8 Å². The van der Waals surface area contributed by atoms with Gasteiger partial charge in [-0.25, -0.2) is 0 Å². The second-order valence-corrected chi connectivity index (χ2v) is 4.48. The maximum atomic E-state index is 12.0. The second kappa shape index (κ2) is 4.40. The number of rotatable bonds is 3. The van der Waals surface area contributed by atoms with Gasteiger partial charge in [0, 0.05) is 18.7 Å². The van der Waals surface area contributed by atoms with Crippen molar-refractivity contribution >= 4 is 17.3 Å². The Labute approximate surface area is 106 Å². The lowest BCUT2D eigenvalue weighted by molar-refractivity contribution is -0.117. The number of anilines is 2. The van der Waals surface area contributed by atoms with Gasteiger partial charge in [0.25, 0.3) is 0 Å². The van der Waals surface area contributed by atoms with Crippen molar-refractivity contribution in [3.05, 3.63) is 12.1 Å². The highest BCUT2D eigenvalue weighted by atomic mass is 16.7. The first kappa shape index (κ1) is 11.2. The quantitative estimate of drug-likeness (QED) is 0.888. The van der Waals surface area contributed by atoms with Crippen LogP contribution in [0.15, 0.2) is 12.1 Å². The molecule has 0 aliphatic carbocycles. The van der Waals surface area contributed by atoms with Gasteiger partial charge >= 0.3 is 0 Å². The number of nitrogens with zero attached hydrogens (tertiary/aromatic N) is 1. The Hall–Kier alpha value is -1.91. The fraction of sp³-hybridized carbons (Fsp3) is 0.462. The molecule has 1 aromatic carbocycles. The molecule has 2 aliphatic heterocycles. The van der Waals surface area contributed by atoms with Crippen molar-refractivity contribution in [3.8, 4) is 11.5 Å². The predicted molar refractivity (Wildman–Crippen MR) is 68.3 cm³/mol. The average molecular weight is 248 g/mol. The van der Waals surface area contributed by atoms with Gasteiger partial charge in [-0.1, -0.05) is 13.3 Å². The number of carbonyl (C=O) groups excluding carboxylic acids is 1. The van der Waals surface area contributed by atoms with E-state index in [0.29, 0.717) is 12.3 Å².